The van der Waals surface area contributed by atoms with Crippen LogP contribution >= 0.6 is 0 Å². The van der Waals surface area contributed by atoms with E-state index in [4.69, 9.17) is 18.9 Å². The van der Waals surface area contributed by atoms with Crippen LogP contribution in [0.15, 0.2) is 146 Å². The number of nitrogens with zero attached hydrogens (tertiary/aromatic N) is 1. The summed E-state index contributed by atoms with van der Waals surface area (Å²) in [6, 6.07) is 0. The lowest BCUT2D eigenvalue weighted by Gasteiger charge is -2.26. The second-order valence-electron chi connectivity index (χ2n) is 21.3. The van der Waals surface area contributed by atoms with Crippen LogP contribution in [0.25, 0.3) is 0 Å². The highest BCUT2D eigenvalue weighted by Gasteiger charge is 2.22. The minimum Gasteiger partial charge on any atom is -0.545 e. The van der Waals surface area contributed by atoms with Gasteiger partial charge in [0.1, 0.15) is 13.2 Å². The predicted molar refractivity (Wildman–Crippen MR) is 333 cm³/mol. The number of likely N-dealkylation sites (N-methyl/N-ethyl adjacent to an activating group) is 1. The Labute approximate surface area is 483 Å². The molecule has 0 amide bonds. The van der Waals surface area contributed by atoms with Crippen molar-refractivity contribution in [3.05, 3.63) is 146 Å². The molecule has 79 heavy (non-hydrogen) atoms. The number of carbonyl (C=O) groups is 3. The SMILES string of the molecule is CC/C=C\C/C=C\C/C=C\C/C=C\C/C=C\C/C=C\C/C=C\C/C=C\C/C=C\CCCC(=O)OC(COC(=O)CCCCCCCCCCCC/C=C\C/C=C\C/C=C\CCCCCCC)COC(OCC[N+](C)(C)C)C(=O)[O-]. The number of rotatable bonds is 55. The smallest absolute Gasteiger partial charge is 0.306 e. The summed E-state index contributed by atoms with van der Waals surface area (Å²) in [5.74, 6) is -2.39. The average molecular weight is 1100 g/mol. The van der Waals surface area contributed by atoms with Gasteiger partial charge in [0.2, 0.25) is 0 Å². The third kappa shape index (κ3) is 60.7. The minimum atomic E-state index is -1.65. The maximum absolute atomic E-state index is 12.9. The first-order chi connectivity index (χ1) is 38.6. The van der Waals surface area contributed by atoms with Gasteiger partial charge in [0.15, 0.2) is 12.4 Å². The van der Waals surface area contributed by atoms with Gasteiger partial charge in [-0.1, -0.05) is 237 Å². The number of aliphatic carboxylic acids is 1. The summed E-state index contributed by atoms with van der Waals surface area (Å²) in [7, 11) is 5.89. The van der Waals surface area contributed by atoms with E-state index in [1.165, 1.54) is 77.0 Å². The van der Waals surface area contributed by atoms with Gasteiger partial charge in [-0.25, -0.2) is 0 Å². The molecule has 0 N–H and O–H groups in total. The van der Waals surface area contributed by atoms with E-state index in [0.717, 1.165) is 103 Å². The monoisotopic (exact) mass is 1100 g/mol. The first-order valence-electron chi connectivity index (χ1n) is 31.0. The number of allylic oxidation sites excluding steroid dienone is 24. The van der Waals surface area contributed by atoms with Gasteiger partial charge in [-0.15, -0.1) is 0 Å². The summed E-state index contributed by atoms with van der Waals surface area (Å²) < 4.78 is 22.6. The van der Waals surface area contributed by atoms with E-state index < -0.39 is 24.3 Å². The molecule has 2 unspecified atom stereocenters. The third-order valence-electron chi connectivity index (χ3n) is 12.6. The van der Waals surface area contributed by atoms with E-state index in [-0.39, 0.29) is 38.6 Å². The van der Waals surface area contributed by atoms with Crippen molar-refractivity contribution in [1.29, 1.82) is 0 Å². The molecule has 0 bridgehead atoms. The summed E-state index contributed by atoms with van der Waals surface area (Å²) >= 11 is 0. The van der Waals surface area contributed by atoms with E-state index in [2.05, 4.69) is 160 Å². The van der Waals surface area contributed by atoms with Crippen LogP contribution in [0, 0.1) is 0 Å². The molecule has 446 valence electrons. The highest BCUT2D eigenvalue weighted by molar-refractivity contribution is 5.70. The largest absolute Gasteiger partial charge is 0.545 e. The van der Waals surface area contributed by atoms with E-state index >= 15 is 0 Å². The normalized spacial score (nSPS) is 13.8. The van der Waals surface area contributed by atoms with Crippen molar-refractivity contribution in [1.82, 2.24) is 0 Å². The fraction of sp³-hybridized carbons (Fsp3) is 0.614. The molecule has 0 radical (unpaired) electrons. The van der Waals surface area contributed by atoms with Crippen molar-refractivity contribution < 1.29 is 42.9 Å². The number of ether oxygens (including phenoxy) is 4. The molecule has 0 aromatic carbocycles. The molecular weight excluding hydrogens is 983 g/mol. The molecule has 0 saturated heterocycles. The van der Waals surface area contributed by atoms with Gasteiger partial charge in [-0.3, -0.25) is 9.59 Å². The topological polar surface area (TPSA) is 111 Å². The van der Waals surface area contributed by atoms with Crippen molar-refractivity contribution in [2.75, 3.05) is 47.5 Å². The van der Waals surface area contributed by atoms with Crippen LogP contribution in [-0.2, 0) is 33.3 Å². The standard InChI is InChI=1S/C70H113NO8/c1-6-8-10-12-14-16-18-20-22-24-26-28-30-32-33-34-35-37-39-41-43-45-47-49-51-53-55-57-59-61-68(73)79-66(65-78-70(69(74)75)76-63-62-71(3,4)5)64-77-67(72)60-58-56-54-52-50-48-46-44-42-40-38-36-31-29-27-25-23-21-19-17-15-13-11-9-7-2/h8,10,14,16,19-22,25-28,31-33,35-37,41,43,47,49,53,55,66,70H,6-7,9,11-13,15,17-18,23-24,29-30,34,38-40,42,44-46,48,50-52,54,56-65H2,1-5H3/b10-8-,16-14-,21-19-,22-20-,27-25-,28-26-,33-32-,36-31-,37-35-,43-41-,49-47-,55-53-. The maximum atomic E-state index is 12.9. The quantitative estimate of drug-likeness (QED) is 0.0195. The molecule has 0 aliphatic heterocycles. The molecule has 0 saturated carbocycles. The third-order valence-corrected chi connectivity index (χ3v) is 12.6. The van der Waals surface area contributed by atoms with Crippen molar-refractivity contribution >= 4 is 17.9 Å². The highest BCUT2D eigenvalue weighted by atomic mass is 16.7. The van der Waals surface area contributed by atoms with Gasteiger partial charge in [0.05, 0.1) is 40.3 Å². The van der Waals surface area contributed by atoms with Gasteiger partial charge in [0.25, 0.3) is 0 Å². The summed E-state index contributed by atoms with van der Waals surface area (Å²) in [5, 5.41) is 11.8. The van der Waals surface area contributed by atoms with Gasteiger partial charge in [-0.2, -0.15) is 0 Å². The molecule has 0 spiro atoms. The Morgan fingerprint density at radius 2 is 0.734 bits per heavy atom. The van der Waals surface area contributed by atoms with Gasteiger partial charge < -0.3 is 33.3 Å². The van der Waals surface area contributed by atoms with Gasteiger partial charge >= 0.3 is 11.9 Å². The number of unbranched alkanes of at least 4 members (excludes halogenated alkanes) is 16. The van der Waals surface area contributed by atoms with E-state index in [1.807, 2.05) is 21.1 Å². The van der Waals surface area contributed by atoms with Crippen LogP contribution in [0.5, 0.6) is 0 Å². The van der Waals surface area contributed by atoms with Crippen molar-refractivity contribution in [3.63, 3.8) is 0 Å². The lowest BCUT2D eigenvalue weighted by atomic mass is 10.1. The van der Waals surface area contributed by atoms with Crippen molar-refractivity contribution in [2.24, 2.45) is 0 Å². The molecule has 0 rings (SSSR count). The summed E-state index contributed by atoms with van der Waals surface area (Å²) in [6.45, 7) is 4.53. The highest BCUT2D eigenvalue weighted by Crippen LogP contribution is 2.14. The zero-order valence-corrected chi connectivity index (χ0v) is 50.7. The molecule has 0 fully saturated rings. The molecule has 9 heteroatoms. The average Bonchev–Trinajstić information content (AvgIpc) is 3.42. The maximum Gasteiger partial charge on any atom is 0.306 e. The molecular formula is C70H113NO8. The Morgan fingerprint density at radius 3 is 1.11 bits per heavy atom. The number of quaternary nitrogens is 1. The lowest BCUT2D eigenvalue weighted by molar-refractivity contribution is -0.870. The van der Waals surface area contributed by atoms with Gasteiger partial charge in [0, 0.05) is 12.8 Å². The Hall–Kier alpha value is -4.83. The van der Waals surface area contributed by atoms with Crippen molar-refractivity contribution in [2.45, 2.75) is 232 Å². The number of carboxylic acids is 1. The molecule has 9 nitrogen and oxygen atoms in total. The fourth-order valence-electron chi connectivity index (χ4n) is 7.84. The molecule has 2 atom stereocenters. The van der Waals surface area contributed by atoms with Crippen LogP contribution in [-0.4, -0.2) is 82.3 Å². The van der Waals surface area contributed by atoms with Crippen LogP contribution < -0.4 is 5.11 Å². The molecule has 0 aromatic rings. The zero-order chi connectivity index (χ0) is 57.6. The number of hydrogen-bond donors (Lipinski definition) is 0. The first-order valence-corrected chi connectivity index (χ1v) is 31.0. The zero-order valence-electron chi connectivity index (χ0n) is 50.7. The van der Waals surface area contributed by atoms with Crippen LogP contribution in [0.4, 0.5) is 0 Å². The second-order valence-corrected chi connectivity index (χ2v) is 21.3. The number of hydrogen-bond acceptors (Lipinski definition) is 8. The van der Waals surface area contributed by atoms with Crippen LogP contribution in [0.3, 0.4) is 0 Å². The van der Waals surface area contributed by atoms with E-state index in [9.17, 15) is 19.5 Å². The Balaban J connectivity index is 4.38. The van der Waals surface area contributed by atoms with Gasteiger partial charge in [-0.05, 0) is 116 Å². The Morgan fingerprint density at radius 1 is 0.392 bits per heavy atom. The van der Waals surface area contributed by atoms with Crippen LogP contribution in [0.1, 0.15) is 219 Å². The van der Waals surface area contributed by atoms with E-state index in [1.54, 1.807) is 0 Å². The second kappa shape index (κ2) is 59.3. The van der Waals surface area contributed by atoms with Crippen LogP contribution in [0.2, 0.25) is 0 Å². The molecule has 0 aromatic heterocycles. The Kier molecular flexibility index (Phi) is 55.7. The summed E-state index contributed by atoms with van der Waals surface area (Å²) in [5.41, 5.74) is 0. The Bertz CT molecular complexity index is 1800. The summed E-state index contributed by atoms with van der Waals surface area (Å²) in [4.78, 5) is 37.3. The fourth-order valence-corrected chi connectivity index (χ4v) is 7.84. The molecule has 0 heterocycles. The molecule has 0 aliphatic carbocycles. The predicted octanol–water partition coefficient (Wildman–Crippen LogP) is 17.5. The van der Waals surface area contributed by atoms with Crippen molar-refractivity contribution in [3.8, 4) is 0 Å². The number of carbonyl (C=O) groups excluding carboxylic acids is 3. The molecule has 0 aliphatic rings. The number of carboxylic acid groups (broad SMARTS) is 1. The van der Waals surface area contributed by atoms with E-state index in [0.29, 0.717) is 23.9 Å². The summed E-state index contributed by atoms with van der Waals surface area (Å²) in [6.07, 6.45) is 83.3. The lowest BCUT2D eigenvalue weighted by Crippen LogP contribution is -2.44. The minimum absolute atomic E-state index is 0.127. The first kappa shape index (κ1) is 74.2. The number of esters is 2.